The summed E-state index contributed by atoms with van der Waals surface area (Å²) < 4.78 is 10.9. The minimum Gasteiger partial charge on any atom is -0.493 e. The number of nitrogens with zero attached hydrogens (tertiary/aromatic N) is 3. The summed E-state index contributed by atoms with van der Waals surface area (Å²) in [6.45, 7) is 1.70. The maximum atomic E-state index is 12.4. The highest BCUT2D eigenvalue weighted by atomic mass is 16.5. The molecule has 2 fully saturated rings. The van der Waals surface area contributed by atoms with E-state index in [0.29, 0.717) is 37.3 Å². The van der Waals surface area contributed by atoms with Crippen molar-refractivity contribution in [1.29, 1.82) is 0 Å². The van der Waals surface area contributed by atoms with Gasteiger partial charge in [0.15, 0.2) is 5.96 Å². The molecule has 4 rings (SSSR count). The molecule has 1 amide bonds. The minimum atomic E-state index is -0.387. The standard InChI is InChI=1S/C24H35N5O4/c1-32-22(30)15-28-14-17-18(27-24(28)26)8-4-10-21(17)33-13-11-20(23(25)31)29-12-5-7-16-6-2-3-9-19(16)29/h4,8,10,16,19-20H,2-3,5-7,9,11-15H2,1H3,(H2,25,31)(H2,26,27). The van der Waals surface area contributed by atoms with Crippen LogP contribution in [0.25, 0.3) is 0 Å². The molecule has 1 aromatic rings. The second-order valence-corrected chi connectivity index (χ2v) is 9.20. The number of guanidine groups is 1. The third-order valence-electron chi connectivity index (χ3n) is 7.23. The summed E-state index contributed by atoms with van der Waals surface area (Å²) >= 11 is 0. The summed E-state index contributed by atoms with van der Waals surface area (Å²) in [4.78, 5) is 32.6. The lowest BCUT2D eigenvalue weighted by atomic mass is 9.77. The van der Waals surface area contributed by atoms with Crippen molar-refractivity contribution < 1.29 is 19.1 Å². The molecule has 1 aliphatic carbocycles. The molecule has 3 unspecified atom stereocenters. The lowest BCUT2D eigenvalue weighted by Gasteiger charge is -2.46. The Balaban J connectivity index is 1.42. The number of hydrogen-bond donors (Lipinski definition) is 2. The molecule has 4 N–H and O–H groups in total. The van der Waals surface area contributed by atoms with Crippen LogP contribution >= 0.6 is 0 Å². The van der Waals surface area contributed by atoms with Gasteiger partial charge in [-0.3, -0.25) is 14.5 Å². The monoisotopic (exact) mass is 457 g/mol. The van der Waals surface area contributed by atoms with Gasteiger partial charge in [-0.25, -0.2) is 4.99 Å². The number of nitrogens with two attached hydrogens (primary N) is 2. The smallest absolute Gasteiger partial charge is 0.325 e. The Morgan fingerprint density at radius 3 is 2.79 bits per heavy atom. The second-order valence-electron chi connectivity index (χ2n) is 9.20. The number of piperidine rings is 1. The summed E-state index contributed by atoms with van der Waals surface area (Å²) in [7, 11) is 1.34. The summed E-state index contributed by atoms with van der Waals surface area (Å²) in [5, 5.41) is 0. The molecule has 3 aliphatic rings. The molecule has 33 heavy (non-hydrogen) atoms. The van der Waals surface area contributed by atoms with E-state index in [-0.39, 0.29) is 30.4 Å². The Hall–Kier alpha value is -2.81. The molecule has 9 heteroatoms. The lowest BCUT2D eigenvalue weighted by molar-refractivity contribution is -0.141. The van der Waals surface area contributed by atoms with Crippen LogP contribution in [0, 0.1) is 5.92 Å². The predicted molar refractivity (Wildman–Crippen MR) is 125 cm³/mol. The third-order valence-corrected chi connectivity index (χ3v) is 7.23. The maximum Gasteiger partial charge on any atom is 0.325 e. The summed E-state index contributed by atoms with van der Waals surface area (Å²) in [6.07, 6.45) is 7.83. The van der Waals surface area contributed by atoms with Gasteiger partial charge in [0.1, 0.15) is 12.3 Å². The van der Waals surface area contributed by atoms with Gasteiger partial charge >= 0.3 is 5.97 Å². The van der Waals surface area contributed by atoms with Gasteiger partial charge in [-0.1, -0.05) is 18.9 Å². The number of aliphatic imine (C=N–C) groups is 1. The molecular weight excluding hydrogens is 422 g/mol. The zero-order valence-corrected chi connectivity index (χ0v) is 19.4. The predicted octanol–water partition coefficient (Wildman–Crippen LogP) is 1.90. The fourth-order valence-corrected chi connectivity index (χ4v) is 5.58. The van der Waals surface area contributed by atoms with E-state index >= 15 is 0 Å². The maximum absolute atomic E-state index is 12.4. The fourth-order valence-electron chi connectivity index (χ4n) is 5.58. The molecular formula is C24H35N5O4. The van der Waals surface area contributed by atoms with Crippen molar-refractivity contribution in [3.8, 4) is 5.75 Å². The van der Waals surface area contributed by atoms with Crippen molar-refractivity contribution >= 4 is 23.5 Å². The summed E-state index contributed by atoms with van der Waals surface area (Å²) in [5.41, 5.74) is 13.5. The van der Waals surface area contributed by atoms with Gasteiger partial charge in [-0.15, -0.1) is 0 Å². The first-order valence-corrected chi connectivity index (χ1v) is 11.9. The van der Waals surface area contributed by atoms with Crippen molar-refractivity contribution in [1.82, 2.24) is 9.80 Å². The molecule has 1 aromatic carbocycles. The van der Waals surface area contributed by atoms with Crippen LogP contribution in [0.4, 0.5) is 5.69 Å². The van der Waals surface area contributed by atoms with Gasteiger partial charge in [0.25, 0.3) is 0 Å². The quantitative estimate of drug-likeness (QED) is 0.572. The minimum absolute atomic E-state index is 0.0148. The molecule has 0 aromatic heterocycles. The Kier molecular flexibility index (Phi) is 7.37. The normalized spacial score (nSPS) is 23.7. The SMILES string of the molecule is COC(=O)CN1Cc2c(cccc2OCCC(C(N)=O)N2CCCC3CCCCC32)N=C1N. The number of rotatable bonds is 8. The van der Waals surface area contributed by atoms with E-state index in [1.165, 1.54) is 32.8 Å². The lowest BCUT2D eigenvalue weighted by Crippen LogP contribution is -2.56. The van der Waals surface area contributed by atoms with Crippen LogP contribution in [0.1, 0.15) is 50.5 Å². The number of methoxy groups -OCH3 is 1. The van der Waals surface area contributed by atoms with Gasteiger partial charge < -0.3 is 25.8 Å². The molecule has 0 spiro atoms. The van der Waals surface area contributed by atoms with Crippen LogP contribution in [-0.2, 0) is 20.9 Å². The van der Waals surface area contributed by atoms with Crippen molar-refractivity contribution in [3.05, 3.63) is 23.8 Å². The van der Waals surface area contributed by atoms with Crippen LogP contribution in [0.2, 0.25) is 0 Å². The Morgan fingerprint density at radius 1 is 1.21 bits per heavy atom. The number of primary amides is 1. The number of hydrogen-bond acceptors (Lipinski definition) is 8. The summed E-state index contributed by atoms with van der Waals surface area (Å²) in [6, 6.07) is 5.75. The van der Waals surface area contributed by atoms with Gasteiger partial charge in [0.2, 0.25) is 5.91 Å². The Labute approximate surface area is 195 Å². The highest BCUT2D eigenvalue weighted by Crippen LogP contribution is 2.37. The first-order chi connectivity index (χ1) is 16.0. The molecule has 180 valence electrons. The second kappa shape index (κ2) is 10.4. The number of carbonyl (C=O) groups is 2. The van der Waals surface area contributed by atoms with Crippen LogP contribution in [-0.4, -0.2) is 66.5 Å². The van der Waals surface area contributed by atoms with E-state index in [1.54, 1.807) is 4.90 Å². The average Bonchev–Trinajstić information content (AvgIpc) is 2.82. The van der Waals surface area contributed by atoms with E-state index in [0.717, 1.165) is 30.6 Å². The number of ether oxygens (including phenoxy) is 2. The number of esters is 1. The number of carbonyl (C=O) groups excluding carboxylic acids is 2. The topological polar surface area (TPSA) is 123 Å². The molecule has 1 saturated carbocycles. The number of likely N-dealkylation sites (tertiary alicyclic amines) is 1. The Morgan fingerprint density at radius 2 is 2.00 bits per heavy atom. The molecule has 0 radical (unpaired) electrons. The molecule has 2 aliphatic heterocycles. The molecule has 1 saturated heterocycles. The van der Waals surface area contributed by atoms with Gasteiger partial charge in [-0.2, -0.15) is 0 Å². The van der Waals surface area contributed by atoms with Gasteiger partial charge in [0.05, 0.1) is 32.0 Å². The van der Waals surface area contributed by atoms with Gasteiger partial charge in [-0.05, 0) is 50.3 Å². The van der Waals surface area contributed by atoms with Crippen molar-refractivity contribution in [2.75, 3.05) is 26.8 Å². The van der Waals surface area contributed by atoms with Crippen LogP contribution in [0.3, 0.4) is 0 Å². The third kappa shape index (κ3) is 5.24. The van der Waals surface area contributed by atoms with Crippen LogP contribution in [0.15, 0.2) is 23.2 Å². The van der Waals surface area contributed by atoms with E-state index in [4.69, 9.17) is 20.9 Å². The first-order valence-electron chi connectivity index (χ1n) is 11.9. The number of fused-ring (bicyclic) bond motifs is 2. The zero-order valence-electron chi connectivity index (χ0n) is 19.4. The highest BCUT2D eigenvalue weighted by molar-refractivity contribution is 5.87. The van der Waals surface area contributed by atoms with E-state index in [9.17, 15) is 9.59 Å². The number of amides is 1. The van der Waals surface area contributed by atoms with Crippen molar-refractivity contribution in [2.24, 2.45) is 22.4 Å². The van der Waals surface area contributed by atoms with Crippen LogP contribution in [0.5, 0.6) is 5.75 Å². The largest absolute Gasteiger partial charge is 0.493 e. The van der Waals surface area contributed by atoms with E-state index in [1.807, 2.05) is 18.2 Å². The molecule has 0 bridgehead atoms. The van der Waals surface area contributed by atoms with Crippen LogP contribution < -0.4 is 16.2 Å². The van der Waals surface area contributed by atoms with Gasteiger partial charge in [0, 0.05) is 18.0 Å². The van der Waals surface area contributed by atoms with E-state index < -0.39 is 0 Å². The van der Waals surface area contributed by atoms with Crippen molar-refractivity contribution in [3.63, 3.8) is 0 Å². The molecule has 2 heterocycles. The molecule has 3 atom stereocenters. The summed E-state index contributed by atoms with van der Waals surface area (Å²) in [5.74, 6) is 0.964. The zero-order chi connectivity index (χ0) is 23.4. The number of benzene rings is 1. The average molecular weight is 458 g/mol. The van der Waals surface area contributed by atoms with E-state index in [2.05, 4.69) is 9.89 Å². The molecule has 9 nitrogen and oxygen atoms in total. The highest BCUT2D eigenvalue weighted by Gasteiger charge is 2.38. The fraction of sp³-hybridized carbons (Fsp3) is 0.625. The first kappa shape index (κ1) is 23.4. The Bertz CT molecular complexity index is 903. The van der Waals surface area contributed by atoms with Crippen molar-refractivity contribution in [2.45, 2.75) is 63.6 Å².